The number of phenols is 1. The molecule has 1 aromatic rings. The van der Waals surface area contributed by atoms with E-state index in [9.17, 15) is 9.90 Å². The lowest BCUT2D eigenvalue weighted by molar-refractivity contribution is 0.0889. The van der Waals surface area contributed by atoms with Crippen LogP contribution in [0.3, 0.4) is 0 Å². The highest BCUT2D eigenvalue weighted by atomic mass is 16.3. The number of aromatic hydroxyl groups is 1. The van der Waals surface area contributed by atoms with Crippen LogP contribution in [0.1, 0.15) is 35.7 Å². The zero-order chi connectivity index (χ0) is 14.8. The summed E-state index contributed by atoms with van der Waals surface area (Å²) in [6.45, 7) is 6.93. The summed E-state index contributed by atoms with van der Waals surface area (Å²) in [7, 11) is 2.13. The Morgan fingerprint density at radius 2 is 2.05 bits per heavy atom. The fourth-order valence-electron chi connectivity index (χ4n) is 2.56. The number of phenolic OH excluding ortho intramolecular Hbond substituents is 1. The topological polar surface area (TPSA) is 52.6 Å². The fourth-order valence-corrected chi connectivity index (χ4v) is 2.56. The number of aryl methyl sites for hydroxylation is 1. The molecule has 2 N–H and O–H groups in total. The molecule has 110 valence electrons. The SMILES string of the molecule is Cc1ccc(O)c(C(=O)NCC2(C)CCN(C)CC2)c1. The average molecular weight is 276 g/mol. The summed E-state index contributed by atoms with van der Waals surface area (Å²) in [5.74, 6) is -0.145. The lowest BCUT2D eigenvalue weighted by atomic mass is 9.80. The minimum Gasteiger partial charge on any atom is -0.507 e. The number of hydrogen-bond acceptors (Lipinski definition) is 3. The zero-order valence-electron chi connectivity index (χ0n) is 12.6. The van der Waals surface area contributed by atoms with Crippen LogP contribution in [0, 0.1) is 12.3 Å². The minimum absolute atomic E-state index is 0.0432. The molecule has 0 spiro atoms. The normalized spacial score (nSPS) is 18.8. The van der Waals surface area contributed by atoms with Crippen molar-refractivity contribution in [2.75, 3.05) is 26.7 Å². The summed E-state index contributed by atoms with van der Waals surface area (Å²) in [6.07, 6.45) is 2.17. The van der Waals surface area contributed by atoms with E-state index in [1.807, 2.05) is 6.92 Å². The summed E-state index contributed by atoms with van der Waals surface area (Å²) < 4.78 is 0. The molecular weight excluding hydrogens is 252 g/mol. The van der Waals surface area contributed by atoms with E-state index in [1.54, 1.807) is 18.2 Å². The van der Waals surface area contributed by atoms with Gasteiger partial charge in [-0.15, -0.1) is 0 Å². The Bertz CT molecular complexity index is 491. The lowest BCUT2D eigenvalue weighted by Crippen LogP contribution is -2.43. The van der Waals surface area contributed by atoms with Gasteiger partial charge < -0.3 is 15.3 Å². The number of likely N-dealkylation sites (tertiary alicyclic amines) is 1. The first-order valence-corrected chi connectivity index (χ1v) is 7.16. The number of amides is 1. The predicted molar refractivity (Wildman–Crippen MR) is 80.0 cm³/mol. The largest absolute Gasteiger partial charge is 0.507 e. The second-order valence-corrected chi connectivity index (χ2v) is 6.32. The van der Waals surface area contributed by atoms with Crippen molar-refractivity contribution in [3.8, 4) is 5.75 Å². The van der Waals surface area contributed by atoms with Gasteiger partial charge in [-0.3, -0.25) is 4.79 Å². The number of benzene rings is 1. The van der Waals surface area contributed by atoms with Crippen LogP contribution >= 0.6 is 0 Å². The summed E-state index contributed by atoms with van der Waals surface area (Å²) in [5, 5.41) is 12.7. The molecule has 4 nitrogen and oxygen atoms in total. The van der Waals surface area contributed by atoms with E-state index in [-0.39, 0.29) is 17.1 Å². The molecule has 20 heavy (non-hydrogen) atoms. The summed E-state index contributed by atoms with van der Waals surface area (Å²) in [4.78, 5) is 14.5. The molecular formula is C16H24N2O2. The van der Waals surface area contributed by atoms with E-state index in [4.69, 9.17) is 0 Å². The Balaban J connectivity index is 1.97. The Morgan fingerprint density at radius 1 is 1.40 bits per heavy atom. The highest BCUT2D eigenvalue weighted by Gasteiger charge is 2.29. The molecule has 0 atom stereocenters. The van der Waals surface area contributed by atoms with Crippen molar-refractivity contribution in [2.24, 2.45) is 5.41 Å². The van der Waals surface area contributed by atoms with Crippen molar-refractivity contribution < 1.29 is 9.90 Å². The van der Waals surface area contributed by atoms with E-state index < -0.39 is 0 Å². The van der Waals surface area contributed by atoms with Crippen LogP contribution in [0.2, 0.25) is 0 Å². The smallest absolute Gasteiger partial charge is 0.255 e. The van der Waals surface area contributed by atoms with Crippen molar-refractivity contribution in [3.63, 3.8) is 0 Å². The van der Waals surface area contributed by atoms with Gasteiger partial charge in [-0.1, -0.05) is 18.6 Å². The van der Waals surface area contributed by atoms with E-state index in [0.717, 1.165) is 31.5 Å². The molecule has 1 saturated heterocycles. The van der Waals surface area contributed by atoms with Crippen LogP contribution < -0.4 is 5.32 Å². The standard InChI is InChI=1S/C16H24N2O2/c1-12-4-5-14(19)13(10-12)15(20)17-11-16(2)6-8-18(3)9-7-16/h4-5,10,19H,6-9,11H2,1-3H3,(H,17,20). The first kappa shape index (κ1) is 14.9. The Kier molecular flexibility index (Phi) is 4.33. The van der Waals surface area contributed by atoms with Crippen LogP contribution in [0.15, 0.2) is 18.2 Å². The number of piperidine rings is 1. The molecule has 0 unspecified atom stereocenters. The second kappa shape index (κ2) is 5.83. The van der Waals surface area contributed by atoms with Gasteiger partial charge in [0.15, 0.2) is 0 Å². The molecule has 0 aromatic heterocycles. The maximum absolute atomic E-state index is 12.2. The van der Waals surface area contributed by atoms with Gasteiger partial charge in [0, 0.05) is 6.54 Å². The number of nitrogens with zero attached hydrogens (tertiary/aromatic N) is 1. The lowest BCUT2D eigenvalue weighted by Gasteiger charge is -2.37. The van der Waals surface area contributed by atoms with Gasteiger partial charge in [-0.25, -0.2) is 0 Å². The van der Waals surface area contributed by atoms with Crippen molar-refractivity contribution in [1.29, 1.82) is 0 Å². The quantitative estimate of drug-likeness (QED) is 0.889. The molecule has 0 bridgehead atoms. The molecule has 0 saturated carbocycles. The van der Waals surface area contributed by atoms with E-state index in [2.05, 4.69) is 24.2 Å². The minimum atomic E-state index is -0.189. The molecule has 1 fully saturated rings. The van der Waals surface area contributed by atoms with Crippen LogP contribution in [0.4, 0.5) is 0 Å². The number of nitrogens with one attached hydrogen (secondary N) is 1. The Labute approximate surface area is 120 Å². The van der Waals surface area contributed by atoms with E-state index >= 15 is 0 Å². The van der Waals surface area contributed by atoms with Crippen LogP contribution in [0.5, 0.6) is 5.75 Å². The van der Waals surface area contributed by atoms with Gasteiger partial charge >= 0.3 is 0 Å². The van der Waals surface area contributed by atoms with Crippen LogP contribution in [-0.2, 0) is 0 Å². The highest BCUT2D eigenvalue weighted by molar-refractivity contribution is 5.97. The Morgan fingerprint density at radius 3 is 2.70 bits per heavy atom. The third kappa shape index (κ3) is 3.51. The predicted octanol–water partition coefficient (Wildman–Crippen LogP) is 2.16. The Hall–Kier alpha value is -1.55. The van der Waals surface area contributed by atoms with Gasteiger partial charge in [-0.05, 0) is 57.5 Å². The molecule has 0 aliphatic carbocycles. The molecule has 1 aromatic carbocycles. The van der Waals surface area contributed by atoms with Crippen LogP contribution in [-0.4, -0.2) is 42.6 Å². The van der Waals surface area contributed by atoms with Gasteiger partial charge in [0.1, 0.15) is 5.75 Å². The molecule has 0 radical (unpaired) electrons. The first-order valence-electron chi connectivity index (χ1n) is 7.16. The number of carbonyl (C=O) groups excluding carboxylic acids is 1. The molecule has 2 rings (SSSR count). The molecule has 1 amide bonds. The number of carbonyl (C=O) groups is 1. The molecule has 1 aliphatic rings. The fraction of sp³-hybridized carbons (Fsp3) is 0.562. The van der Waals surface area contributed by atoms with Gasteiger partial charge in [0.2, 0.25) is 0 Å². The summed E-state index contributed by atoms with van der Waals surface area (Å²) in [5.41, 5.74) is 1.49. The van der Waals surface area contributed by atoms with Crippen molar-refractivity contribution in [1.82, 2.24) is 10.2 Å². The van der Waals surface area contributed by atoms with Crippen molar-refractivity contribution in [3.05, 3.63) is 29.3 Å². The molecule has 4 heteroatoms. The number of rotatable bonds is 3. The zero-order valence-corrected chi connectivity index (χ0v) is 12.6. The first-order chi connectivity index (χ1) is 9.39. The van der Waals surface area contributed by atoms with Gasteiger partial charge in [0.05, 0.1) is 5.56 Å². The maximum atomic E-state index is 12.2. The van der Waals surface area contributed by atoms with Crippen LogP contribution in [0.25, 0.3) is 0 Å². The summed E-state index contributed by atoms with van der Waals surface area (Å²) >= 11 is 0. The monoisotopic (exact) mass is 276 g/mol. The average Bonchev–Trinajstić information content (AvgIpc) is 2.43. The van der Waals surface area contributed by atoms with E-state index in [0.29, 0.717) is 12.1 Å². The third-order valence-electron chi connectivity index (χ3n) is 4.27. The highest BCUT2D eigenvalue weighted by Crippen LogP contribution is 2.29. The molecule has 1 aliphatic heterocycles. The van der Waals surface area contributed by atoms with Gasteiger partial charge in [-0.2, -0.15) is 0 Å². The van der Waals surface area contributed by atoms with Crippen molar-refractivity contribution in [2.45, 2.75) is 26.7 Å². The molecule has 1 heterocycles. The van der Waals surface area contributed by atoms with Crippen molar-refractivity contribution >= 4 is 5.91 Å². The number of hydrogen-bond donors (Lipinski definition) is 2. The van der Waals surface area contributed by atoms with E-state index in [1.165, 1.54) is 0 Å². The maximum Gasteiger partial charge on any atom is 0.255 e. The third-order valence-corrected chi connectivity index (χ3v) is 4.27. The second-order valence-electron chi connectivity index (χ2n) is 6.32. The summed E-state index contributed by atoms with van der Waals surface area (Å²) in [6, 6.07) is 5.09. The van der Waals surface area contributed by atoms with Gasteiger partial charge in [0.25, 0.3) is 5.91 Å².